The average molecular weight is 286 g/mol. The van der Waals surface area contributed by atoms with E-state index < -0.39 is 10.8 Å². The number of aromatic amines is 1. The zero-order valence-corrected chi connectivity index (χ0v) is 12.7. The summed E-state index contributed by atoms with van der Waals surface area (Å²) in [6.45, 7) is 4.06. The third kappa shape index (κ3) is 2.29. The van der Waals surface area contributed by atoms with E-state index in [-0.39, 0.29) is 6.04 Å². The average Bonchev–Trinajstić information content (AvgIpc) is 2.74. The van der Waals surface area contributed by atoms with Crippen LogP contribution in [0.2, 0.25) is 0 Å². The summed E-state index contributed by atoms with van der Waals surface area (Å²) in [5, 5.41) is 4.39. The van der Waals surface area contributed by atoms with Crippen LogP contribution in [0.5, 0.6) is 0 Å². The fourth-order valence-electron chi connectivity index (χ4n) is 2.21. The molecule has 2 unspecified atom stereocenters. The van der Waals surface area contributed by atoms with Gasteiger partial charge in [-0.05, 0) is 32.5 Å². The lowest BCUT2D eigenvalue weighted by molar-refractivity contribution is 0.527. The fraction of sp³-hybridized carbons (Fsp3) is 0.636. The van der Waals surface area contributed by atoms with Gasteiger partial charge in [0.15, 0.2) is 10.4 Å². The molecule has 0 aliphatic rings. The highest BCUT2D eigenvalue weighted by Crippen LogP contribution is 2.22. The van der Waals surface area contributed by atoms with E-state index in [1.165, 1.54) is 0 Å². The van der Waals surface area contributed by atoms with Gasteiger partial charge in [-0.15, -0.1) is 0 Å². The standard InChI is InChI=1S/C11H18N4OS2/c1-7(5-6-18(4)16)15-10-9(12-11(15)17)8(2)13-14(10)3/h7H,5-6H2,1-4H3,(H,12,17). The molecule has 2 aromatic heterocycles. The SMILES string of the molecule is Cc1nn(C)c2c1[nH]c(=S)n2C(C)CCS(C)=O. The molecule has 18 heavy (non-hydrogen) atoms. The third-order valence-electron chi connectivity index (χ3n) is 3.13. The Kier molecular flexibility index (Phi) is 3.72. The molecule has 2 heterocycles. The maximum Gasteiger partial charge on any atom is 0.179 e. The van der Waals surface area contributed by atoms with Gasteiger partial charge in [-0.25, -0.2) is 0 Å². The van der Waals surface area contributed by atoms with Gasteiger partial charge in [-0.3, -0.25) is 13.5 Å². The van der Waals surface area contributed by atoms with Gasteiger partial charge in [0, 0.05) is 35.9 Å². The Labute approximate surface area is 114 Å². The van der Waals surface area contributed by atoms with E-state index in [0.29, 0.717) is 10.5 Å². The van der Waals surface area contributed by atoms with Crippen molar-refractivity contribution in [2.75, 3.05) is 12.0 Å². The lowest BCUT2D eigenvalue weighted by Crippen LogP contribution is -2.11. The molecule has 100 valence electrons. The molecule has 2 rings (SSSR count). The van der Waals surface area contributed by atoms with Crippen LogP contribution in [-0.2, 0) is 17.8 Å². The third-order valence-corrected chi connectivity index (χ3v) is 4.24. The number of aryl methyl sites for hydroxylation is 2. The zero-order valence-electron chi connectivity index (χ0n) is 11.1. The summed E-state index contributed by atoms with van der Waals surface area (Å²) in [6.07, 6.45) is 2.57. The van der Waals surface area contributed by atoms with Gasteiger partial charge in [0.2, 0.25) is 0 Å². The van der Waals surface area contributed by atoms with Gasteiger partial charge in [0.1, 0.15) is 5.52 Å². The molecule has 7 heteroatoms. The number of nitrogens with one attached hydrogen (secondary N) is 1. The van der Waals surface area contributed by atoms with Crippen LogP contribution in [0.15, 0.2) is 0 Å². The molecule has 0 bridgehead atoms. The second kappa shape index (κ2) is 4.97. The molecule has 0 saturated carbocycles. The highest BCUT2D eigenvalue weighted by Gasteiger charge is 2.16. The molecule has 0 aliphatic carbocycles. The van der Waals surface area contributed by atoms with Gasteiger partial charge in [-0.1, -0.05) is 0 Å². The molecule has 0 spiro atoms. The van der Waals surface area contributed by atoms with E-state index >= 15 is 0 Å². The Hall–Kier alpha value is -0.950. The Balaban J connectivity index is 2.46. The van der Waals surface area contributed by atoms with Crippen LogP contribution in [0, 0.1) is 11.7 Å². The van der Waals surface area contributed by atoms with E-state index in [0.717, 1.165) is 23.3 Å². The molecule has 0 aromatic carbocycles. The van der Waals surface area contributed by atoms with Gasteiger partial charge in [0.05, 0.1) is 5.69 Å². The van der Waals surface area contributed by atoms with Crippen molar-refractivity contribution in [2.45, 2.75) is 26.3 Å². The van der Waals surface area contributed by atoms with Crippen LogP contribution in [0.1, 0.15) is 25.1 Å². The first-order chi connectivity index (χ1) is 8.41. The van der Waals surface area contributed by atoms with Crippen LogP contribution in [0.4, 0.5) is 0 Å². The second-order valence-electron chi connectivity index (χ2n) is 4.62. The minimum absolute atomic E-state index is 0.213. The number of aromatic nitrogens is 4. The Morgan fingerprint density at radius 3 is 2.83 bits per heavy atom. The second-order valence-corrected chi connectivity index (χ2v) is 6.56. The summed E-state index contributed by atoms with van der Waals surface area (Å²) in [6, 6.07) is 0.213. The molecule has 0 amide bonds. The number of hydrogen-bond donors (Lipinski definition) is 1. The van der Waals surface area contributed by atoms with Crippen molar-refractivity contribution in [1.29, 1.82) is 0 Å². The van der Waals surface area contributed by atoms with Crippen molar-refractivity contribution >= 4 is 34.2 Å². The monoisotopic (exact) mass is 286 g/mol. The molecular formula is C11H18N4OS2. The summed E-state index contributed by atoms with van der Waals surface area (Å²) < 4.78 is 15.8. The normalized spacial score (nSPS) is 15.1. The number of H-pyrrole nitrogens is 1. The van der Waals surface area contributed by atoms with Crippen LogP contribution in [0.3, 0.4) is 0 Å². The number of fused-ring (bicyclic) bond motifs is 1. The van der Waals surface area contributed by atoms with Gasteiger partial charge in [0.25, 0.3) is 0 Å². The number of hydrogen-bond acceptors (Lipinski definition) is 3. The lowest BCUT2D eigenvalue weighted by atomic mass is 10.2. The van der Waals surface area contributed by atoms with E-state index in [1.807, 2.05) is 18.7 Å². The van der Waals surface area contributed by atoms with Crippen molar-refractivity contribution in [3.05, 3.63) is 10.5 Å². The summed E-state index contributed by atoms with van der Waals surface area (Å²) in [4.78, 5) is 3.20. The molecule has 2 aromatic rings. The molecule has 1 N–H and O–H groups in total. The number of imidazole rings is 1. The van der Waals surface area contributed by atoms with E-state index in [1.54, 1.807) is 6.26 Å². The van der Waals surface area contributed by atoms with Crippen molar-refractivity contribution in [3.8, 4) is 0 Å². The first-order valence-electron chi connectivity index (χ1n) is 5.85. The minimum atomic E-state index is -0.768. The summed E-state index contributed by atoms with van der Waals surface area (Å²) in [5.41, 5.74) is 2.95. The van der Waals surface area contributed by atoms with Crippen molar-refractivity contribution in [2.24, 2.45) is 7.05 Å². The topological polar surface area (TPSA) is 55.6 Å². The highest BCUT2D eigenvalue weighted by atomic mass is 32.2. The minimum Gasteiger partial charge on any atom is -0.328 e. The molecule has 0 saturated heterocycles. The Morgan fingerprint density at radius 1 is 1.56 bits per heavy atom. The molecule has 0 radical (unpaired) electrons. The lowest BCUT2D eigenvalue weighted by Gasteiger charge is -2.13. The maximum absolute atomic E-state index is 11.2. The summed E-state index contributed by atoms with van der Waals surface area (Å²) >= 11 is 5.37. The zero-order chi connectivity index (χ0) is 13.4. The number of nitrogens with zero attached hydrogens (tertiary/aromatic N) is 3. The summed E-state index contributed by atoms with van der Waals surface area (Å²) in [5.74, 6) is 0.687. The molecule has 5 nitrogen and oxygen atoms in total. The van der Waals surface area contributed by atoms with Crippen LogP contribution in [0.25, 0.3) is 11.2 Å². The van der Waals surface area contributed by atoms with E-state index in [2.05, 4.69) is 21.6 Å². The van der Waals surface area contributed by atoms with E-state index in [4.69, 9.17) is 12.2 Å². The van der Waals surface area contributed by atoms with Crippen LogP contribution < -0.4 is 0 Å². The van der Waals surface area contributed by atoms with Crippen LogP contribution >= 0.6 is 12.2 Å². The Morgan fingerprint density at radius 2 is 2.22 bits per heavy atom. The molecule has 2 atom stereocenters. The predicted molar refractivity (Wildman–Crippen MR) is 76.9 cm³/mol. The largest absolute Gasteiger partial charge is 0.328 e. The van der Waals surface area contributed by atoms with E-state index in [9.17, 15) is 4.21 Å². The highest BCUT2D eigenvalue weighted by molar-refractivity contribution is 7.84. The van der Waals surface area contributed by atoms with Crippen molar-refractivity contribution in [3.63, 3.8) is 0 Å². The summed E-state index contributed by atoms with van der Waals surface area (Å²) in [7, 11) is 1.15. The smallest absolute Gasteiger partial charge is 0.179 e. The van der Waals surface area contributed by atoms with Gasteiger partial charge >= 0.3 is 0 Å². The van der Waals surface area contributed by atoms with Gasteiger partial charge < -0.3 is 4.98 Å². The first-order valence-corrected chi connectivity index (χ1v) is 7.99. The van der Waals surface area contributed by atoms with Crippen LogP contribution in [-0.4, -0.2) is 35.5 Å². The van der Waals surface area contributed by atoms with Gasteiger partial charge in [-0.2, -0.15) is 5.10 Å². The molecule has 0 fully saturated rings. The quantitative estimate of drug-likeness (QED) is 0.875. The first kappa shape index (κ1) is 13.5. The fourth-order valence-corrected chi connectivity index (χ4v) is 3.25. The molecule has 0 aliphatic heterocycles. The predicted octanol–water partition coefficient (Wildman–Crippen LogP) is 2.07. The number of rotatable bonds is 4. The molecular weight excluding hydrogens is 268 g/mol. The maximum atomic E-state index is 11.2. The Bertz CT molecular complexity index is 652. The van der Waals surface area contributed by atoms with Crippen molar-refractivity contribution in [1.82, 2.24) is 19.3 Å². The van der Waals surface area contributed by atoms with Crippen molar-refractivity contribution < 1.29 is 4.21 Å².